The Morgan fingerprint density at radius 2 is 2.00 bits per heavy atom. The zero-order valence-corrected chi connectivity index (χ0v) is 8.64. The van der Waals surface area contributed by atoms with Crippen LogP contribution in [0.1, 0.15) is 17.2 Å². The smallest absolute Gasteiger partial charge is 0.159 e. The van der Waals surface area contributed by atoms with Gasteiger partial charge in [-0.2, -0.15) is 15.5 Å². The van der Waals surface area contributed by atoms with Gasteiger partial charge in [-0.1, -0.05) is 6.07 Å². The SMILES string of the molecule is N#CC(c1ccc(F)c(F)c1)c1cccnn1. The molecule has 3 nitrogen and oxygen atoms in total. The lowest BCUT2D eigenvalue weighted by atomic mass is 9.97. The molecule has 0 N–H and O–H groups in total. The maximum absolute atomic E-state index is 13.1. The van der Waals surface area contributed by atoms with Crippen LogP contribution in [0.5, 0.6) is 0 Å². The molecule has 1 atom stereocenters. The van der Waals surface area contributed by atoms with Crippen LogP contribution < -0.4 is 0 Å². The van der Waals surface area contributed by atoms with Gasteiger partial charge in [-0.15, -0.1) is 0 Å². The topological polar surface area (TPSA) is 49.6 Å². The van der Waals surface area contributed by atoms with Gasteiger partial charge < -0.3 is 0 Å². The number of halogens is 2. The van der Waals surface area contributed by atoms with Crippen molar-refractivity contribution >= 4 is 0 Å². The van der Waals surface area contributed by atoms with Gasteiger partial charge in [-0.25, -0.2) is 8.78 Å². The second kappa shape index (κ2) is 4.66. The van der Waals surface area contributed by atoms with Gasteiger partial charge in [0.25, 0.3) is 0 Å². The molecule has 0 aliphatic heterocycles. The quantitative estimate of drug-likeness (QED) is 0.797. The minimum atomic E-state index is -0.980. The van der Waals surface area contributed by atoms with Crippen molar-refractivity contribution in [2.24, 2.45) is 0 Å². The number of nitrogens with zero attached hydrogens (tertiary/aromatic N) is 3. The molecule has 0 spiro atoms. The van der Waals surface area contributed by atoms with E-state index in [-0.39, 0.29) is 0 Å². The van der Waals surface area contributed by atoms with Gasteiger partial charge in [-0.3, -0.25) is 0 Å². The van der Waals surface area contributed by atoms with Gasteiger partial charge >= 0.3 is 0 Å². The van der Waals surface area contributed by atoms with E-state index in [9.17, 15) is 8.78 Å². The molecule has 0 bridgehead atoms. The first-order valence-corrected chi connectivity index (χ1v) is 4.84. The molecule has 0 fully saturated rings. The molecule has 0 amide bonds. The summed E-state index contributed by atoms with van der Waals surface area (Å²) in [5.41, 5.74) is 0.757. The van der Waals surface area contributed by atoms with E-state index in [1.54, 1.807) is 12.1 Å². The normalized spacial score (nSPS) is 11.8. The molecule has 5 heteroatoms. The van der Waals surface area contributed by atoms with Crippen LogP contribution in [0.3, 0.4) is 0 Å². The van der Waals surface area contributed by atoms with Gasteiger partial charge in [-0.05, 0) is 29.8 Å². The molecule has 2 rings (SSSR count). The monoisotopic (exact) mass is 231 g/mol. The van der Waals surface area contributed by atoms with Crippen LogP contribution in [-0.4, -0.2) is 10.2 Å². The molecule has 0 radical (unpaired) electrons. The molecule has 17 heavy (non-hydrogen) atoms. The molecule has 1 unspecified atom stereocenters. The lowest BCUT2D eigenvalue weighted by Crippen LogP contribution is -2.03. The molecule has 2 aromatic rings. The number of nitriles is 1. The van der Waals surface area contributed by atoms with Gasteiger partial charge in [0.1, 0.15) is 5.92 Å². The zero-order valence-electron chi connectivity index (χ0n) is 8.64. The highest BCUT2D eigenvalue weighted by Crippen LogP contribution is 2.23. The summed E-state index contributed by atoms with van der Waals surface area (Å²) < 4.78 is 25.9. The van der Waals surface area contributed by atoms with Crippen molar-refractivity contribution in [3.63, 3.8) is 0 Å². The second-order valence-corrected chi connectivity index (χ2v) is 3.38. The van der Waals surface area contributed by atoms with E-state index in [0.717, 1.165) is 12.1 Å². The molecule has 84 valence electrons. The fraction of sp³-hybridized carbons (Fsp3) is 0.0833. The van der Waals surface area contributed by atoms with Gasteiger partial charge in [0.15, 0.2) is 11.6 Å². The molecule has 1 aromatic heterocycles. The highest BCUT2D eigenvalue weighted by molar-refractivity contribution is 5.34. The predicted molar refractivity (Wildman–Crippen MR) is 55.8 cm³/mol. The van der Waals surface area contributed by atoms with E-state index < -0.39 is 17.6 Å². The Morgan fingerprint density at radius 1 is 1.18 bits per heavy atom. The van der Waals surface area contributed by atoms with Crippen LogP contribution in [0.4, 0.5) is 8.78 Å². The van der Waals surface area contributed by atoms with E-state index in [1.807, 2.05) is 6.07 Å². The molecular formula is C12H7F2N3. The molecule has 1 aromatic carbocycles. The highest BCUT2D eigenvalue weighted by Gasteiger charge is 2.16. The average molecular weight is 231 g/mol. The number of hydrogen-bond donors (Lipinski definition) is 0. The Hall–Kier alpha value is -2.35. The van der Waals surface area contributed by atoms with Crippen LogP contribution in [-0.2, 0) is 0 Å². The standard InChI is InChI=1S/C12H7F2N3/c13-10-4-3-8(6-11(10)14)9(7-15)12-2-1-5-16-17-12/h1-6,9H. The predicted octanol–water partition coefficient (Wildman–Crippen LogP) is 2.41. The Balaban J connectivity index is 2.44. The van der Waals surface area contributed by atoms with Crippen LogP contribution in [0.25, 0.3) is 0 Å². The Morgan fingerprint density at radius 3 is 2.59 bits per heavy atom. The summed E-state index contributed by atoms with van der Waals surface area (Å²) in [6.07, 6.45) is 1.48. The summed E-state index contributed by atoms with van der Waals surface area (Å²) >= 11 is 0. The molecule has 1 heterocycles. The Labute approximate surface area is 96.3 Å². The van der Waals surface area contributed by atoms with Crippen LogP contribution in [0.2, 0.25) is 0 Å². The fourth-order valence-corrected chi connectivity index (χ4v) is 1.47. The number of hydrogen-bond acceptors (Lipinski definition) is 3. The minimum Gasteiger partial charge on any atom is -0.204 e. The van der Waals surface area contributed by atoms with Crippen molar-refractivity contribution in [2.75, 3.05) is 0 Å². The molecular weight excluding hydrogens is 224 g/mol. The van der Waals surface area contributed by atoms with E-state index >= 15 is 0 Å². The Kier molecular flexibility index (Phi) is 3.06. The van der Waals surface area contributed by atoms with E-state index in [1.165, 1.54) is 12.3 Å². The summed E-state index contributed by atoms with van der Waals surface area (Å²) in [5.74, 6) is -2.67. The largest absolute Gasteiger partial charge is 0.204 e. The van der Waals surface area contributed by atoms with Crippen molar-refractivity contribution in [3.05, 3.63) is 59.4 Å². The van der Waals surface area contributed by atoms with Gasteiger partial charge in [0.05, 0.1) is 11.8 Å². The zero-order chi connectivity index (χ0) is 12.3. The van der Waals surface area contributed by atoms with Crippen LogP contribution in [0, 0.1) is 23.0 Å². The fourth-order valence-electron chi connectivity index (χ4n) is 1.47. The molecule has 0 aliphatic rings. The second-order valence-electron chi connectivity index (χ2n) is 3.38. The number of aromatic nitrogens is 2. The highest BCUT2D eigenvalue weighted by atomic mass is 19.2. The van der Waals surface area contributed by atoms with Crippen molar-refractivity contribution in [2.45, 2.75) is 5.92 Å². The van der Waals surface area contributed by atoms with Crippen molar-refractivity contribution in [1.82, 2.24) is 10.2 Å². The third kappa shape index (κ3) is 2.26. The molecule has 0 aliphatic carbocycles. The first-order valence-electron chi connectivity index (χ1n) is 4.84. The van der Waals surface area contributed by atoms with Crippen molar-refractivity contribution < 1.29 is 8.78 Å². The van der Waals surface area contributed by atoms with E-state index in [2.05, 4.69) is 10.2 Å². The van der Waals surface area contributed by atoms with E-state index in [4.69, 9.17) is 5.26 Å². The first-order chi connectivity index (χ1) is 8.22. The maximum Gasteiger partial charge on any atom is 0.159 e. The molecule has 0 saturated carbocycles. The Bertz CT molecular complexity index is 564. The summed E-state index contributed by atoms with van der Waals surface area (Å²) in [6, 6.07) is 8.59. The van der Waals surface area contributed by atoms with Crippen LogP contribution >= 0.6 is 0 Å². The third-order valence-corrected chi connectivity index (χ3v) is 2.29. The maximum atomic E-state index is 13.1. The number of benzene rings is 1. The number of rotatable bonds is 2. The van der Waals surface area contributed by atoms with Gasteiger partial charge in [0, 0.05) is 6.20 Å². The summed E-state index contributed by atoms with van der Waals surface area (Å²) in [6.45, 7) is 0. The summed E-state index contributed by atoms with van der Waals surface area (Å²) in [5, 5.41) is 16.5. The van der Waals surface area contributed by atoms with E-state index in [0.29, 0.717) is 11.3 Å². The van der Waals surface area contributed by atoms with Crippen molar-refractivity contribution in [3.8, 4) is 6.07 Å². The summed E-state index contributed by atoms with van der Waals surface area (Å²) in [7, 11) is 0. The first kappa shape index (κ1) is 11.1. The average Bonchev–Trinajstić information content (AvgIpc) is 2.36. The summed E-state index contributed by atoms with van der Waals surface area (Å²) in [4.78, 5) is 0. The lowest BCUT2D eigenvalue weighted by molar-refractivity contribution is 0.507. The lowest BCUT2D eigenvalue weighted by Gasteiger charge is -2.08. The molecule has 0 saturated heterocycles. The van der Waals surface area contributed by atoms with Crippen LogP contribution in [0.15, 0.2) is 36.5 Å². The van der Waals surface area contributed by atoms with Gasteiger partial charge in [0.2, 0.25) is 0 Å². The third-order valence-electron chi connectivity index (χ3n) is 2.29. The minimum absolute atomic E-state index is 0.354. The van der Waals surface area contributed by atoms with Crippen molar-refractivity contribution in [1.29, 1.82) is 5.26 Å².